The third-order valence-corrected chi connectivity index (χ3v) is 3.34. The Morgan fingerprint density at radius 1 is 1.45 bits per heavy atom. The molecule has 1 aromatic carbocycles. The zero-order valence-corrected chi connectivity index (χ0v) is 11.9. The molecule has 1 heterocycles. The van der Waals surface area contributed by atoms with E-state index in [1.807, 2.05) is 26.0 Å². The van der Waals surface area contributed by atoms with Gasteiger partial charge in [-0.2, -0.15) is 0 Å². The predicted molar refractivity (Wildman–Crippen MR) is 76.6 cm³/mol. The number of hydrogen-bond donors (Lipinski definition) is 2. The summed E-state index contributed by atoms with van der Waals surface area (Å²) in [6.45, 7) is 5.98. The summed E-state index contributed by atoms with van der Waals surface area (Å²) in [6, 6.07) is 3.73. The van der Waals surface area contributed by atoms with Crippen molar-refractivity contribution in [3.05, 3.63) is 23.3 Å². The first-order valence-corrected chi connectivity index (χ1v) is 6.47. The number of carbonyl (C=O) groups excluding carboxylic acids is 2. The fourth-order valence-electron chi connectivity index (χ4n) is 2.20. The molecule has 3 N–H and O–H groups in total. The molecule has 108 valence electrons. The third kappa shape index (κ3) is 2.84. The molecule has 0 saturated carbocycles. The van der Waals surface area contributed by atoms with E-state index in [1.165, 1.54) is 6.92 Å². The summed E-state index contributed by atoms with van der Waals surface area (Å²) in [5, 5.41) is 2.65. The van der Waals surface area contributed by atoms with E-state index >= 15 is 0 Å². The van der Waals surface area contributed by atoms with E-state index in [1.54, 1.807) is 4.90 Å². The summed E-state index contributed by atoms with van der Waals surface area (Å²) in [7, 11) is 0. The minimum absolute atomic E-state index is 0.140. The Labute approximate surface area is 117 Å². The molecule has 1 aliphatic heterocycles. The van der Waals surface area contributed by atoms with E-state index in [0.717, 1.165) is 22.5 Å². The van der Waals surface area contributed by atoms with Crippen LogP contribution >= 0.6 is 0 Å². The Bertz CT molecular complexity index is 534. The Balaban J connectivity index is 2.14. The van der Waals surface area contributed by atoms with Crippen molar-refractivity contribution in [2.45, 2.75) is 26.9 Å². The van der Waals surface area contributed by atoms with Crippen LogP contribution in [-0.4, -0.2) is 31.2 Å². The number of aryl methyl sites for hydroxylation is 2. The lowest BCUT2D eigenvalue weighted by atomic mass is 10.1. The molecule has 0 aromatic heterocycles. The van der Waals surface area contributed by atoms with Crippen molar-refractivity contribution >= 4 is 23.4 Å². The Morgan fingerprint density at radius 2 is 2.05 bits per heavy atom. The second-order valence-electron chi connectivity index (χ2n) is 5.05. The highest BCUT2D eigenvalue weighted by atomic mass is 16.6. The van der Waals surface area contributed by atoms with E-state index in [-0.39, 0.29) is 12.0 Å². The van der Waals surface area contributed by atoms with Crippen LogP contribution in [0.4, 0.5) is 16.2 Å². The molecular weight excluding hydrogens is 258 g/mol. The van der Waals surface area contributed by atoms with Gasteiger partial charge in [-0.3, -0.25) is 9.69 Å². The summed E-state index contributed by atoms with van der Waals surface area (Å²) in [5.74, 6) is -0.140. The monoisotopic (exact) mass is 277 g/mol. The molecule has 1 aliphatic rings. The van der Waals surface area contributed by atoms with Crippen molar-refractivity contribution in [1.29, 1.82) is 0 Å². The highest BCUT2D eigenvalue weighted by Crippen LogP contribution is 2.27. The number of ether oxygens (including phenoxy) is 1. The van der Waals surface area contributed by atoms with Gasteiger partial charge in [-0.25, -0.2) is 4.79 Å². The molecule has 6 nitrogen and oxygen atoms in total. The van der Waals surface area contributed by atoms with E-state index in [4.69, 9.17) is 10.5 Å². The number of nitrogens with two attached hydrogens (primary N) is 1. The van der Waals surface area contributed by atoms with E-state index in [2.05, 4.69) is 5.32 Å². The zero-order valence-electron chi connectivity index (χ0n) is 11.9. The van der Waals surface area contributed by atoms with Gasteiger partial charge >= 0.3 is 6.09 Å². The maximum absolute atomic E-state index is 11.9. The van der Waals surface area contributed by atoms with Gasteiger partial charge < -0.3 is 15.8 Å². The number of cyclic esters (lactones) is 1. The van der Waals surface area contributed by atoms with Gasteiger partial charge in [0, 0.05) is 18.3 Å². The molecule has 1 saturated heterocycles. The van der Waals surface area contributed by atoms with Gasteiger partial charge in [0.25, 0.3) is 0 Å². The van der Waals surface area contributed by atoms with E-state index < -0.39 is 6.09 Å². The van der Waals surface area contributed by atoms with Gasteiger partial charge in [0.1, 0.15) is 6.10 Å². The van der Waals surface area contributed by atoms with Crippen molar-refractivity contribution in [2.24, 2.45) is 0 Å². The molecule has 2 amide bonds. The Kier molecular flexibility index (Phi) is 3.83. The number of hydrogen-bond acceptors (Lipinski definition) is 4. The van der Waals surface area contributed by atoms with Crippen molar-refractivity contribution in [3.8, 4) is 0 Å². The molecular formula is C14H19N3O3. The molecule has 0 unspecified atom stereocenters. The van der Waals surface area contributed by atoms with Crippen molar-refractivity contribution in [1.82, 2.24) is 5.32 Å². The van der Waals surface area contributed by atoms with Crippen LogP contribution in [0, 0.1) is 13.8 Å². The topological polar surface area (TPSA) is 84.7 Å². The fraction of sp³-hybridized carbons (Fsp3) is 0.429. The van der Waals surface area contributed by atoms with Crippen LogP contribution in [0.1, 0.15) is 18.1 Å². The van der Waals surface area contributed by atoms with Crippen LogP contribution in [0.3, 0.4) is 0 Å². The molecule has 20 heavy (non-hydrogen) atoms. The third-order valence-electron chi connectivity index (χ3n) is 3.34. The molecule has 0 aliphatic carbocycles. The fourth-order valence-corrected chi connectivity index (χ4v) is 2.20. The smallest absolute Gasteiger partial charge is 0.414 e. The second-order valence-corrected chi connectivity index (χ2v) is 5.05. The number of amides is 2. The van der Waals surface area contributed by atoms with Crippen LogP contribution < -0.4 is 16.0 Å². The number of carbonyl (C=O) groups is 2. The van der Waals surface area contributed by atoms with Crippen molar-refractivity contribution in [2.75, 3.05) is 23.7 Å². The van der Waals surface area contributed by atoms with Gasteiger partial charge in [-0.15, -0.1) is 0 Å². The molecule has 1 aromatic rings. The number of benzene rings is 1. The molecule has 0 spiro atoms. The first kappa shape index (κ1) is 14.2. The number of rotatable bonds is 3. The van der Waals surface area contributed by atoms with Crippen molar-refractivity contribution < 1.29 is 14.3 Å². The maximum atomic E-state index is 11.9. The summed E-state index contributed by atoms with van der Waals surface area (Å²) in [6.07, 6.45) is -0.728. The van der Waals surface area contributed by atoms with Crippen LogP contribution in [0.25, 0.3) is 0 Å². The Hall–Kier alpha value is -2.24. The van der Waals surface area contributed by atoms with E-state index in [0.29, 0.717) is 13.1 Å². The molecule has 0 bridgehead atoms. The van der Waals surface area contributed by atoms with Gasteiger partial charge in [-0.1, -0.05) is 0 Å². The summed E-state index contributed by atoms with van der Waals surface area (Å²) < 4.78 is 5.23. The van der Waals surface area contributed by atoms with Gasteiger partial charge in [0.05, 0.1) is 13.1 Å². The molecule has 0 radical (unpaired) electrons. The largest absolute Gasteiger partial charge is 0.442 e. The summed E-state index contributed by atoms with van der Waals surface area (Å²) in [4.78, 5) is 24.3. The lowest BCUT2D eigenvalue weighted by Crippen LogP contribution is -2.33. The SMILES string of the molecule is CC(=O)NC[C@H]1CN(c2cc(C)c(N)c(C)c2)C(=O)O1. The van der Waals surface area contributed by atoms with Crippen LogP contribution in [-0.2, 0) is 9.53 Å². The van der Waals surface area contributed by atoms with Crippen molar-refractivity contribution in [3.63, 3.8) is 0 Å². The summed E-state index contributed by atoms with van der Waals surface area (Å²) >= 11 is 0. The highest BCUT2D eigenvalue weighted by Gasteiger charge is 2.32. The first-order chi connectivity index (χ1) is 9.38. The Morgan fingerprint density at radius 3 is 2.60 bits per heavy atom. The molecule has 2 rings (SSSR count). The first-order valence-electron chi connectivity index (χ1n) is 6.47. The average molecular weight is 277 g/mol. The molecule has 1 fully saturated rings. The van der Waals surface area contributed by atoms with Gasteiger partial charge in [0.15, 0.2) is 0 Å². The minimum atomic E-state index is -0.399. The second kappa shape index (κ2) is 5.40. The lowest BCUT2D eigenvalue weighted by molar-refractivity contribution is -0.119. The van der Waals surface area contributed by atoms with Crippen LogP contribution in [0.15, 0.2) is 12.1 Å². The minimum Gasteiger partial charge on any atom is -0.442 e. The molecule has 1 atom stereocenters. The molecule has 6 heteroatoms. The number of nitrogens with zero attached hydrogens (tertiary/aromatic N) is 1. The quantitative estimate of drug-likeness (QED) is 0.817. The predicted octanol–water partition coefficient (Wildman–Crippen LogP) is 1.35. The zero-order chi connectivity index (χ0) is 14.9. The van der Waals surface area contributed by atoms with Gasteiger partial charge in [-0.05, 0) is 37.1 Å². The number of nitrogens with one attached hydrogen (secondary N) is 1. The summed E-state index contributed by atoms with van der Waals surface area (Å²) in [5.41, 5.74) is 9.27. The van der Waals surface area contributed by atoms with E-state index in [9.17, 15) is 9.59 Å². The van der Waals surface area contributed by atoms with Gasteiger partial charge in [0.2, 0.25) is 5.91 Å². The lowest BCUT2D eigenvalue weighted by Gasteiger charge is -2.16. The number of anilines is 2. The maximum Gasteiger partial charge on any atom is 0.414 e. The standard InChI is InChI=1S/C14H19N3O3/c1-8-4-11(5-9(2)13(8)15)17-7-12(20-14(17)19)6-16-10(3)18/h4-5,12H,6-7,15H2,1-3H3,(H,16,18)/t12-/m0/s1. The van der Waals surface area contributed by atoms with Crippen LogP contribution in [0.5, 0.6) is 0 Å². The van der Waals surface area contributed by atoms with Crippen LogP contribution in [0.2, 0.25) is 0 Å². The average Bonchev–Trinajstić information content (AvgIpc) is 2.74. The highest BCUT2D eigenvalue weighted by molar-refractivity contribution is 5.90. The number of nitrogen functional groups attached to an aromatic ring is 1. The normalized spacial score (nSPS) is 18.1.